The van der Waals surface area contributed by atoms with Gasteiger partial charge in [0.1, 0.15) is 31.2 Å². The lowest BCUT2D eigenvalue weighted by Crippen LogP contribution is -2.44. The monoisotopic (exact) mass is 526 g/mol. The van der Waals surface area contributed by atoms with Crippen LogP contribution in [0.25, 0.3) is 11.2 Å². The molecule has 2 aromatic heterocycles. The summed E-state index contributed by atoms with van der Waals surface area (Å²) in [5, 5.41) is 18.9. The van der Waals surface area contributed by atoms with E-state index in [0.29, 0.717) is 17.7 Å². The minimum absolute atomic E-state index is 0.0274. The Morgan fingerprint density at radius 3 is 2.53 bits per heavy atom. The van der Waals surface area contributed by atoms with Crippen molar-refractivity contribution in [2.24, 2.45) is 0 Å². The second kappa shape index (κ2) is 11.0. The van der Waals surface area contributed by atoms with Crippen LogP contribution in [0.4, 0.5) is 15.4 Å². The summed E-state index contributed by atoms with van der Waals surface area (Å²) in [4.78, 5) is 47.7. The largest absolute Gasteiger partial charge is 0.480 e. The number of nitrogens with zero attached hydrogens (tertiary/aromatic N) is 4. The summed E-state index contributed by atoms with van der Waals surface area (Å²) in [5.74, 6) is -0.932. The molecule has 2 aliphatic rings. The van der Waals surface area contributed by atoms with Crippen LogP contribution in [-0.2, 0) is 19.0 Å². The first-order valence-corrected chi connectivity index (χ1v) is 11.9. The number of fused-ring (bicyclic) bond motifs is 2. The Morgan fingerprint density at radius 2 is 1.76 bits per heavy atom. The van der Waals surface area contributed by atoms with Crippen molar-refractivity contribution in [3.8, 4) is 0 Å². The number of urea groups is 2. The number of carboxylic acids is 1. The standard InChI is InChI=1S/C23H26N8O7/c1-2-24-23(35)30-18-15-19(28-10-27-18)31(11-29-15)20-17-16(37-21(38-17)12-6-4-3-5-7-12)13(36-20)8-25-22(34)26-9-14(32)33/h3-7,10-11,13,16-17,20-21H,2,8-9H2,1H3,(H,32,33)(H2,25,26,34)(H2,24,27,28,30,35)/t13?,16?,17?,20?,21-/m0/s1. The Hall–Kier alpha value is -4.34. The predicted molar refractivity (Wildman–Crippen MR) is 130 cm³/mol. The lowest BCUT2D eigenvalue weighted by Gasteiger charge is -2.21. The third-order valence-electron chi connectivity index (χ3n) is 5.98. The van der Waals surface area contributed by atoms with E-state index in [1.165, 1.54) is 12.7 Å². The van der Waals surface area contributed by atoms with E-state index in [9.17, 15) is 14.4 Å². The lowest BCUT2D eigenvalue weighted by atomic mass is 10.1. The minimum Gasteiger partial charge on any atom is -0.480 e. The van der Waals surface area contributed by atoms with Crippen LogP contribution in [-0.4, -0.2) is 80.6 Å². The van der Waals surface area contributed by atoms with E-state index in [2.05, 4.69) is 36.2 Å². The minimum atomic E-state index is -1.16. The maximum absolute atomic E-state index is 12.1. The van der Waals surface area contributed by atoms with Crippen molar-refractivity contribution in [3.63, 3.8) is 0 Å². The third kappa shape index (κ3) is 5.20. The first-order chi connectivity index (χ1) is 18.4. The number of amides is 4. The van der Waals surface area contributed by atoms with E-state index in [0.717, 1.165) is 5.56 Å². The summed E-state index contributed by atoms with van der Waals surface area (Å²) in [5.41, 5.74) is 1.57. The predicted octanol–water partition coefficient (Wildman–Crippen LogP) is 0.732. The number of hydrogen-bond donors (Lipinski definition) is 5. The number of ether oxygens (including phenoxy) is 3. The summed E-state index contributed by atoms with van der Waals surface area (Å²) < 4.78 is 20.4. The Morgan fingerprint density at radius 1 is 0.974 bits per heavy atom. The van der Waals surface area contributed by atoms with E-state index in [4.69, 9.17) is 19.3 Å². The van der Waals surface area contributed by atoms with Crippen LogP contribution in [0.2, 0.25) is 0 Å². The van der Waals surface area contributed by atoms with E-state index >= 15 is 0 Å². The van der Waals surface area contributed by atoms with Gasteiger partial charge in [-0.25, -0.2) is 24.5 Å². The number of anilines is 1. The van der Waals surface area contributed by atoms with Gasteiger partial charge in [0.25, 0.3) is 0 Å². The Bertz CT molecular complexity index is 1320. The molecule has 5 atom stereocenters. The summed E-state index contributed by atoms with van der Waals surface area (Å²) in [6.07, 6.45) is -0.391. The average Bonchev–Trinajstić information content (AvgIpc) is 3.61. The molecule has 0 aliphatic carbocycles. The zero-order valence-corrected chi connectivity index (χ0v) is 20.2. The molecule has 2 fully saturated rings. The van der Waals surface area contributed by atoms with Gasteiger partial charge in [0.05, 0.1) is 6.33 Å². The second-order valence-corrected chi connectivity index (χ2v) is 8.50. The van der Waals surface area contributed by atoms with Gasteiger partial charge in [-0.15, -0.1) is 0 Å². The zero-order chi connectivity index (χ0) is 26.6. The molecule has 5 rings (SSSR count). The van der Waals surface area contributed by atoms with Gasteiger partial charge in [-0.1, -0.05) is 30.3 Å². The van der Waals surface area contributed by atoms with Gasteiger partial charge < -0.3 is 35.3 Å². The van der Waals surface area contributed by atoms with E-state index in [-0.39, 0.29) is 12.4 Å². The quantitative estimate of drug-likeness (QED) is 0.280. The molecule has 0 radical (unpaired) electrons. The van der Waals surface area contributed by atoms with Gasteiger partial charge >= 0.3 is 18.0 Å². The molecule has 3 aromatic rings. The molecule has 4 amide bonds. The highest BCUT2D eigenvalue weighted by Gasteiger charge is 2.54. The van der Waals surface area contributed by atoms with Crippen LogP contribution in [0.15, 0.2) is 43.0 Å². The highest BCUT2D eigenvalue weighted by Crippen LogP contribution is 2.44. The van der Waals surface area contributed by atoms with Crippen LogP contribution in [0, 0.1) is 0 Å². The number of carbonyl (C=O) groups is 3. The molecule has 2 saturated heterocycles. The fraction of sp³-hybridized carbons (Fsp3) is 0.391. The number of carbonyl (C=O) groups excluding carboxylic acids is 2. The van der Waals surface area contributed by atoms with E-state index in [1.54, 1.807) is 11.5 Å². The van der Waals surface area contributed by atoms with Crippen LogP contribution in [0.3, 0.4) is 0 Å². The van der Waals surface area contributed by atoms with Crippen molar-refractivity contribution < 1.29 is 33.7 Å². The molecule has 4 unspecified atom stereocenters. The fourth-order valence-corrected chi connectivity index (χ4v) is 4.34. The van der Waals surface area contributed by atoms with Crippen molar-refractivity contribution in [1.29, 1.82) is 0 Å². The van der Waals surface area contributed by atoms with Crippen LogP contribution < -0.4 is 21.3 Å². The van der Waals surface area contributed by atoms with Gasteiger partial charge in [-0.3, -0.25) is 14.7 Å². The first-order valence-electron chi connectivity index (χ1n) is 11.9. The van der Waals surface area contributed by atoms with E-state index in [1.807, 2.05) is 30.3 Å². The number of aromatic nitrogens is 4. The Kier molecular flexibility index (Phi) is 7.30. The fourth-order valence-electron chi connectivity index (χ4n) is 4.34. The molecule has 15 nitrogen and oxygen atoms in total. The average molecular weight is 527 g/mol. The molecule has 4 heterocycles. The van der Waals surface area contributed by atoms with Crippen LogP contribution in [0.5, 0.6) is 0 Å². The number of nitrogens with one attached hydrogen (secondary N) is 4. The SMILES string of the molecule is CCNC(=O)Nc1ncnc2c1ncn2C1OC(CNC(=O)NCC(=O)O)C2O[C@H](c3ccccc3)OC21. The topological polar surface area (TPSA) is 191 Å². The molecule has 38 heavy (non-hydrogen) atoms. The molecule has 5 N–H and O–H groups in total. The maximum atomic E-state index is 12.1. The molecule has 1 aromatic carbocycles. The lowest BCUT2D eigenvalue weighted by molar-refractivity contribution is -0.146. The zero-order valence-electron chi connectivity index (χ0n) is 20.2. The molecular weight excluding hydrogens is 500 g/mol. The number of aliphatic carboxylic acids is 1. The van der Waals surface area contributed by atoms with Gasteiger partial charge in [0.15, 0.2) is 29.5 Å². The highest BCUT2D eigenvalue weighted by atomic mass is 16.8. The molecule has 200 valence electrons. The number of hydrogen-bond acceptors (Lipinski definition) is 9. The molecule has 15 heteroatoms. The molecule has 0 bridgehead atoms. The summed E-state index contributed by atoms with van der Waals surface area (Å²) in [7, 11) is 0. The number of rotatable bonds is 8. The van der Waals surface area contributed by atoms with Gasteiger partial charge in [-0.05, 0) is 6.92 Å². The van der Waals surface area contributed by atoms with Crippen molar-refractivity contribution in [1.82, 2.24) is 35.5 Å². The van der Waals surface area contributed by atoms with Crippen molar-refractivity contribution in [2.75, 3.05) is 25.0 Å². The van der Waals surface area contributed by atoms with Crippen molar-refractivity contribution >= 4 is 35.0 Å². The number of carboxylic acid groups (broad SMARTS) is 1. The van der Waals surface area contributed by atoms with E-state index < -0.39 is 55.4 Å². The third-order valence-corrected chi connectivity index (χ3v) is 5.98. The molecule has 2 aliphatic heterocycles. The molecule has 0 saturated carbocycles. The number of imidazole rings is 1. The summed E-state index contributed by atoms with van der Waals surface area (Å²) >= 11 is 0. The van der Waals surface area contributed by atoms with Crippen molar-refractivity contribution in [3.05, 3.63) is 48.5 Å². The van der Waals surface area contributed by atoms with Crippen LogP contribution in [0.1, 0.15) is 25.0 Å². The first kappa shape index (κ1) is 25.3. The highest BCUT2D eigenvalue weighted by molar-refractivity contribution is 5.95. The second-order valence-electron chi connectivity index (χ2n) is 8.50. The molecule has 0 spiro atoms. The van der Waals surface area contributed by atoms with Gasteiger partial charge in [0.2, 0.25) is 0 Å². The summed E-state index contributed by atoms with van der Waals surface area (Å²) in [6, 6.07) is 8.32. The summed E-state index contributed by atoms with van der Waals surface area (Å²) in [6.45, 7) is 1.75. The van der Waals surface area contributed by atoms with Crippen molar-refractivity contribution in [2.45, 2.75) is 37.8 Å². The Labute approximate surface area is 215 Å². The molecular formula is C23H26N8O7. The smallest absolute Gasteiger partial charge is 0.323 e. The van der Waals surface area contributed by atoms with Gasteiger partial charge in [0, 0.05) is 18.7 Å². The number of benzene rings is 1. The Balaban J connectivity index is 1.39. The van der Waals surface area contributed by atoms with Crippen LogP contribution >= 0.6 is 0 Å². The normalized spacial score (nSPS) is 24.1. The van der Waals surface area contributed by atoms with Gasteiger partial charge in [-0.2, -0.15) is 0 Å². The maximum Gasteiger partial charge on any atom is 0.323 e.